The van der Waals surface area contributed by atoms with Gasteiger partial charge in [-0.15, -0.1) is 0 Å². The molecule has 0 aliphatic heterocycles. The third kappa shape index (κ3) is 2.86. The van der Waals surface area contributed by atoms with Crippen LogP contribution in [-0.2, 0) is 6.61 Å². The number of aromatic nitrogens is 1. The quantitative estimate of drug-likeness (QED) is 0.858. The molecule has 0 amide bonds. The molecule has 0 aliphatic rings. The molecule has 0 aliphatic carbocycles. The molecule has 2 nitrogen and oxygen atoms in total. The summed E-state index contributed by atoms with van der Waals surface area (Å²) in [7, 11) is -1.29. The van der Waals surface area contributed by atoms with Crippen molar-refractivity contribution in [1.29, 1.82) is 0 Å². The van der Waals surface area contributed by atoms with Gasteiger partial charge in [-0.25, -0.2) is 0 Å². The van der Waals surface area contributed by atoms with Gasteiger partial charge in [-0.3, -0.25) is 4.98 Å². The lowest BCUT2D eigenvalue weighted by Crippen LogP contribution is -2.37. The van der Waals surface area contributed by atoms with E-state index in [4.69, 9.17) is 5.11 Å². The second-order valence-corrected chi connectivity index (χ2v) is 10.6. The van der Waals surface area contributed by atoms with Gasteiger partial charge in [-0.2, -0.15) is 0 Å². The van der Waals surface area contributed by atoms with E-state index in [1.165, 1.54) is 10.8 Å². The fraction of sp³-hybridized carbons (Fsp3) is 0.267. The van der Waals surface area contributed by atoms with E-state index < -0.39 is 8.07 Å². The van der Waals surface area contributed by atoms with Crippen molar-refractivity contribution in [3.8, 4) is 11.1 Å². The summed E-state index contributed by atoms with van der Waals surface area (Å²) in [5.74, 6) is 0. The molecular weight excluding hydrogens is 238 g/mol. The number of aliphatic hydroxyl groups excluding tert-OH is 1. The monoisotopic (exact) mass is 257 g/mol. The van der Waals surface area contributed by atoms with Crippen molar-refractivity contribution < 1.29 is 5.11 Å². The van der Waals surface area contributed by atoms with Crippen LogP contribution >= 0.6 is 0 Å². The van der Waals surface area contributed by atoms with Gasteiger partial charge in [0, 0.05) is 18.0 Å². The summed E-state index contributed by atoms with van der Waals surface area (Å²) < 4.78 is 0. The molecule has 0 spiro atoms. The van der Waals surface area contributed by atoms with Crippen LogP contribution in [0.15, 0.2) is 42.7 Å². The van der Waals surface area contributed by atoms with Crippen LogP contribution in [0.4, 0.5) is 0 Å². The smallest absolute Gasteiger partial charge is 0.0776 e. The van der Waals surface area contributed by atoms with Gasteiger partial charge in [0.2, 0.25) is 0 Å². The highest BCUT2D eigenvalue weighted by Gasteiger charge is 2.16. The molecule has 0 atom stereocenters. The van der Waals surface area contributed by atoms with Crippen molar-refractivity contribution >= 4 is 13.3 Å². The fourth-order valence-electron chi connectivity index (χ4n) is 1.90. The lowest BCUT2D eigenvalue weighted by Gasteiger charge is -2.17. The predicted molar refractivity (Wildman–Crippen MR) is 78.6 cm³/mol. The summed E-state index contributed by atoms with van der Waals surface area (Å²) >= 11 is 0. The molecule has 18 heavy (non-hydrogen) atoms. The zero-order valence-corrected chi connectivity index (χ0v) is 12.1. The third-order valence-electron chi connectivity index (χ3n) is 3.04. The molecule has 2 aromatic rings. The summed E-state index contributed by atoms with van der Waals surface area (Å²) in [5.41, 5.74) is 3.10. The summed E-state index contributed by atoms with van der Waals surface area (Å²) in [6, 6.07) is 10.7. The van der Waals surface area contributed by atoms with E-state index in [2.05, 4.69) is 48.9 Å². The predicted octanol–water partition coefficient (Wildman–Crippen LogP) is 2.79. The Hall–Kier alpha value is -1.45. The standard InChI is InChI=1S/C15H19NOSi/c1-18(2,3)15-6-4-5-13(8-15)14-7-12(11-17)9-16-10-14/h4-10,17H,11H2,1-3H3. The minimum atomic E-state index is -1.29. The van der Waals surface area contributed by atoms with E-state index in [9.17, 15) is 0 Å². The lowest BCUT2D eigenvalue weighted by molar-refractivity contribution is 0.281. The highest BCUT2D eigenvalue weighted by atomic mass is 28.3. The number of aliphatic hydroxyl groups is 1. The van der Waals surface area contributed by atoms with E-state index in [0.717, 1.165) is 11.1 Å². The third-order valence-corrected chi connectivity index (χ3v) is 5.08. The number of pyridine rings is 1. The molecule has 94 valence electrons. The Kier molecular flexibility index (Phi) is 3.64. The SMILES string of the molecule is C[Si](C)(C)c1cccc(-c2cncc(CO)c2)c1. The summed E-state index contributed by atoms with van der Waals surface area (Å²) in [6.07, 6.45) is 3.55. The number of rotatable bonds is 3. The summed E-state index contributed by atoms with van der Waals surface area (Å²) in [6.45, 7) is 7.06. The normalized spacial score (nSPS) is 11.6. The van der Waals surface area contributed by atoms with Gasteiger partial charge in [-0.1, -0.05) is 49.1 Å². The van der Waals surface area contributed by atoms with Crippen LogP contribution in [0.3, 0.4) is 0 Å². The molecule has 1 heterocycles. The van der Waals surface area contributed by atoms with Crippen LogP contribution in [0.1, 0.15) is 5.56 Å². The molecule has 1 aromatic carbocycles. The second-order valence-electron chi connectivity index (χ2n) is 5.57. The molecule has 2 rings (SSSR count). The maximum Gasteiger partial charge on any atom is 0.0776 e. The number of benzene rings is 1. The first-order valence-corrected chi connectivity index (χ1v) is 9.66. The van der Waals surface area contributed by atoms with E-state index in [-0.39, 0.29) is 6.61 Å². The molecule has 0 fully saturated rings. The van der Waals surface area contributed by atoms with Crippen molar-refractivity contribution in [3.05, 3.63) is 48.3 Å². The number of nitrogens with zero attached hydrogens (tertiary/aromatic N) is 1. The Balaban J connectivity index is 2.44. The average Bonchev–Trinajstić information content (AvgIpc) is 2.38. The first-order chi connectivity index (χ1) is 8.50. The zero-order valence-electron chi connectivity index (χ0n) is 11.1. The Morgan fingerprint density at radius 1 is 1.06 bits per heavy atom. The number of hydrogen-bond acceptors (Lipinski definition) is 2. The van der Waals surface area contributed by atoms with Crippen LogP contribution in [0.5, 0.6) is 0 Å². The second kappa shape index (κ2) is 5.04. The first-order valence-electron chi connectivity index (χ1n) is 6.16. The Labute approximate surface area is 109 Å². The van der Waals surface area contributed by atoms with E-state index in [0.29, 0.717) is 0 Å². The minimum absolute atomic E-state index is 0.0363. The molecule has 0 saturated carbocycles. The molecule has 3 heteroatoms. The van der Waals surface area contributed by atoms with Gasteiger partial charge < -0.3 is 5.11 Å². The first kappa shape index (κ1) is 13.0. The Morgan fingerprint density at radius 2 is 1.83 bits per heavy atom. The van der Waals surface area contributed by atoms with Gasteiger partial charge in [0.1, 0.15) is 0 Å². The topological polar surface area (TPSA) is 33.1 Å². The van der Waals surface area contributed by atoms with E-state index >= 15 is 0 Å². The van der Waals surface area contributed by atoms with Crippen LogP contribution in [0.25, 0.3) is 11.1 Å². The van der Waals surface area contributed by atoms with Crippen molar-refractivity contribution in [1.82, 2.24) is 4.98 Å². The van der Waals surface area contributed by atoms with Crippen molar-refractivity contribution in [2.75, 3.05) is 0 Å². The van der Waals surface area contributed by atoms with Crippen molar-refractivity contribution in [3.63, 3.8) is 0 Å². The molecule has 0 unspecified atom stereocenters. The molecule has 0 saturated heterocycles. The maximum absolute atomic E-state index is 9.16. The van der Waals surface area contributed by atoms with Gasteiger partial charge in [0.25, 0.3) is 0 Å². The Bertz CT molecular complexity index is 546. The molecule has 0 radical (unpaired) electrons. The largest absolute Gasteiger partial charge is 0.392 e. The Morgan fingerprint density at radius 3 is 2.50 bits per heavy atom. The van der Waals surface area contributed by atoms with Gasteiger partial charge in [0.05, 0.1) is 14.7 Å². The molecular formula is C15H19NOSi. The highest BCUT2D eigenvalue weighted by molar-refractivity contribution is 6.88. The molecule has 1 N–H and O–H groups in total. The minimum Gasteiger partial charge on any atom is -0.392 e. The summed E-state index contributed by atoms with van der Waals surface area (Å²) in [5, 5.41) is 10.6. The number of hydrogen-bond donors (Lipinski definition) is 1. The van der Waals surface area contributed by atoms with Crippen molar-refractivity contribution in [2.24, 2.45) is 0 Å². The average molecular weight is 257 g/mol. The van der Waals surface area contributed by atoms with Crippen LogP contribution < -0.4 is 5.19 Å². The van der Waals surface area contributed by atoms with Crippen LogP contribution in [0, 0.1) is 0 Å². The van der Waals surface area contributed by atoms with E-state index in [1.54, 1.807) is 6.20 Å². The van der Waals surface area contributed by atoms with Crippen LogP contribution in [0.2, 0.25) is 19.6 Å². The van der Waals surface area contributed by atoms with Crippen molar-refractivity contribution in [2.45, 2.75) is 26.2 Å². The molecule has 0 bridgehead atoms. The van der Waals surface area contributed by atoms with Crippen LogP contribution in [-0.4, -0.2) is 18.2 Å². The van der Waals surface area contributed by atoms with Gasteiger partial charge in [0.15, 0.2) is 0 Å². The maximum atomic E-state index is 9.16. The zero-order chi connectivity index (χ0) is 13.2. The lowest BCUT2D eigenvalue weighted by atomic mass is 10.1. The van der Waals surface area contributed by atoms with E-state index in [1.807, 2.05) is 12.3 Å². The fourth-order valence-corrected chi connectivity index (χ4v) is 3.08. The highest BCUT2D eigenvalue weighted by Crippen LogP contribution is 2.19. The molecule has 1 aromatic heterocycles. The summed E-state index contributed by atoms with van der Waals surface area (Å²) in [4.78, 5) is 4.18. The van der Waals surface area contributed by atoms with Gasteiger partial charge >= 0.3 is 0 Å². The van der Waals surface area contributed by atoms with Gasteiger partial charge in [-0.05, 0) is 17.2 Å².